The fraction of sp³-hybridized carbons (Fsp3) is 0.765. The molecule has 1 heterocycles. The van der Waals surface area contributed by atoms with Crippen LogP contribution in [0.1, 0.15) is 45.1 Å². The Kier molecular flexibility index (Phi) is 6.06. The van der Waals surface area contributed by atoms with Crippen molar-refractivity contribution in [3.05, 3.63) is 22.4 Å². The maximum absolute atomic E-state index is 3.62. The Labute approximate surface area is 128 Å². The highest BCUT2D eigenvalue weighted by Crippen LogP contribution is 2.39. The minimum absolute atomic E-state index is 0.485. The van der Waals surface area contributed by atoms with Crippen LogP contribution in [-0.2, 0) is 6.54 Å². The lowest BCUT2D eigenvalue weighted by molar-refractivity contribution is 0.0896. The van der Waals surface area contributed by atoms with Crippen molar-refractivity contribution >= 4 is 11.3 Å². The average molecular weight is 295 g/mol. The van der Waals surface area contributed by atoms with E-state index in [4.69, 9.17) is 0 Å². The molecule has 2 rings (SSSR count). The second-order valence-corrected chi connectivity index (χ2v) is 7.57. The quantitative estimate of drug-likeness (QED) is 0.818. The monoisotopic (exact) mass is 294 g/mol. The summed E-state index contributed by atoms with van der Waals surface area (Å²) in [6.07, 6.45) is 5.59. The summed E-state index contributed by atoms with van der Waals surface area (Å²) in [5.41, 5.74) is 1.94. The van der Waals surface area contributed by atoms with E-state index >= 15 is 0 Å². The Morgan fingerprint density at radius 3 is 3.00 bits per heavy atom. The van der Waals surface area contributed by atoms with Crippen molar-refractivity contribution in [1.82, 2.24) is 10.2 Å². The molecule has 2 atom stereocenters. The van der Waals surface area contributed by atoms with Gasteiger partial charge in [0.05, 0.1) is 0 Å². The number of nitrogens with one attached hydrogen (secondary N) is 1. The van der Waals surface area contributed by atoms with E-state index in [0.29, 0.717) is 5.41 Å². The van der Waals surface area contributed by atoms with Gasteiger partial charge in [-0.25, -0.2) is 0 Å². The third-order valence-corrected chi connectivity index (χ3v) is 5.31. The second kappa shape index (κ2) is 7.58. The molecule has 2 nitrogen and oxygen atoms in total. The second-order valence-electron chi connectivity index (χ2n) is 6.79. The number of hydrogen-bond acceptors (Lipinski definition) is 3. The summed E-state index contributed by atoms with van der Waals surface area (Å²) in [6, 6.07) is 2.25. The van der Waals surface area contributed by atoms with Crippen molar-refractivity contribution in [3.63, 3.8) is 0 Å². The van der Waals surface area contributed by atoms with Gasteiger partial charge in [0.25, 0.3) is 0 Å². The van der Waals surface area contributed by atoms with Gasteiger partial charge in [-0.15, -0.1) is 0 Å². The molecule has 1 aliphatic carbocycles. The van der Waals surface area contributed by atoms with Crippen LogP contribution in [-0.4, -0.2) is 31.6 Å². The highest BCUT2D eigenvalue weighted by atomic mass is 32.1. The lowest BCUT2D eigenvalue weighted by atomic mass is 9.69. The molecule has 1 fully saturated rings. The van der Waals surface area contributed by atoms with Gasteiger partial charge in [-0.1, -0.05) is 26.7 Å². The smallest absolute Gasteiger partial charge is 0.0239 e. The molecule has 0 bridgehead atoms. The molecule has 3 heteroatoms. The van der Waals surface area contributed by atoms with E-state index in [9.17, 15) is 0 Å². The van der Waals surface area contributed by atoms with Crippen LogP contribution >= 0.6 is 11.3 Å². The van der Waals surface area contributed by atoms with Gasteiger partial charge in [-0.05, 0) is 60.2 Å². The fourth-order valence-electron chi connectivity index (χ4n) is 3.84. The van der Waals surface area contributed by atoms with Crippen molar-refractivity contribution < 1.29 is 0 Å². The molecule has 1 aromatic rings. The van der Waals surface area contributed by atoms with E-state index in [0.717, 1.165) is 19.0 Å². The lowest BCUT2D eigenvalue weighted by Gasteiger charge is -2.43. The molecule has 0 aromatic carbocycles. The van der Waals surface area contributed by atoms with Gasteiger partial charge in [0, 0.05) is 19.6 Å². The van der Waals surface area contributed by atoms with Gasteiger partial charge >= 0.3 is 0 Å². The lowest BCUT2D eigenvalue weighted by Crippen LogP contribution is -2.45. The minimum atomic E-state index is 0.485. The van der Waals surface area contributed by atoms with Crippen LogP contribution < -0.4 is 5.32 Å². The Morgan fingerprint density at radius 2 is 2.35 bits per heavy atom. The van der Waals surface area contributed by atoms with E-state index in [-0.39, 0.29) is 0 Å². The van der Waals surface area contributed by atoms with Crippen LogP contribution in [0.25, 0.3) is 0 Å². The molecule has 0 saturated heterocycles. The molecule has 2 unspecified atom stereocenters. The molecule has 1 aromatic heterocycles. The maximum Gasteiger partial charge on any atom is 0.0239 e. The predicted octanol–water partition coefficient (Wildman–Crippen LogP) is 3.99. The zero-order valence-corrected chi connectivity index (χ0v) is 14.1. The normalized spacial score (nSPS) is 27.1. The van der Waals surface area contributed by atoms with Crippen LogP contribution in [0, 0.1) is 11.3 Å². The first-order valence-corrected chi connectivity index (χ1v) is 8.98. The molecule has 114 valence electrons. The van der Waals surface area contributed by atoms with E-state index in [1.54, 1.807) is 11.3 Å². The third kappa shape index (κ3) is 4.57. The number of rotatable bonds is 7. The highest BCUT2D eigenvalue weighted by molar-refractivity contribution is 7.07. The number of hydrogen-bond donors (Lipinski definition) is 1. The molecule has 0 spiro atoms. The van der Waals surface area contributed by atoms with E-state index < -0.39 is 0 Å². The number of thiophene rings is 1. The molecular weight excluding hydrogens is 264 g/mol. The minimum Gasteiger partial charge on any atom is -0.316 e. The SMILES string of the molecule is CCNCC1(CN(C)Cc2ccsc2)CCCC(C)C1. The summed E-state index contributed by atoms with van der Waals surface area (Å²) in [5.74, 6) is 0.886. The fourth-order valence-corrected chi connectivity index (χ4v) is 4.50. The Morgan fingerprint density at radius 1 is 1.50 bits per heavy atom. The van der Waals surface area contributed by atoms with Gasteiger partial charge in [-0.2, -0.15) is 11.3 Å². The first kappa shape index (κ1) is 16.0. The van der Waals surface area contributed by atoms with Crippen molar-refractivity contribution in [2.75, 3.05) is 26.7 Å². The van der Waals surface area contributed by atoms with Crippen molar-refractivity contribution in [3.8, 4) is 0 Å². The predicted molar refractivity (Wildman–Crippen MR) is 89.3 cm³/mol. The van der Waals surface area contributed by atoms with Crippen LogP contribution in [0.3, 0.4) is 0 Å². The molecular formula is C17H30N2S. The molecule has 1 N–H and O–H groups in total. The van der Waals surface area contributed by atoms with Crippen molar-refractivity contribution in [2.24, 2.45) is 11.3 Å². The van der Waals surface area contributed by atoms with Crippen LogP contribution in [0.4, 0.5) is 0 Å². The summed E-state index contributed by atoms with van der Waals surface area (Å²) in [7, 11) is 2.28. The Hall–Kier alpha value is -0.380. The molecule has 0 amide bonds. The summed E-state index contributed by atoms with van der Waals surface area (Å²) >= 11 is 1.80. The van der Waals surface area contributed by atoms with Crippen LogP contribution in [0.5, 0.6) is 0 Å². The summed E-state index contributed by atoms with van der Waals surface area (Å²) < 4.78 is 0. The third-order valence-electron chi connectivity index (χ3n) is 4.57. The van der Waals surface area contributed by atoms with Gasteiger partial charge in [-0.3, -0.25) is 0 Å². The van der Waals surface area contributed by atoms with Crippen molar-refractivity contribution in [1.29, 1.82) is 0 Å². The van der Waals surface area contributed by atoms with E-state index in [1.165, 1.54) is 44.3 Å². The summed E-state index contributed by atoms with van der Waals surface area (Å²) in [4.78, 5) is 2.53. The Bertz CT molecular complexity index is 376. The molecule has 0 radical (unpaired) electrons. The maximum atomic E-state index is 3.62. The van der Waals surface area contributed by atoms with Gasteiger partial charge in [0.1, 0.15) is 0 Å². The van der Waals surface area contributed by atoms with Gasteiger partial charge in [0.15, 0.2) is 0 Å². The molecule has 0 aliphatic heterocycles. The van der Waals surface area contributed by atoms with Crippen LogP contribution in [0.15, 0.2) is 16.8 Å². The first-order chi connectivity index (χ1) is 9.63. The summed E-state index contributed by atoms with van der Waals surface area (Å²) in [5, 5.41) is 8.07. The largest absolute Gasteiger partial charge is 0.316 e. The molecule has 1 aliphatic rings. The van der Waals surface area contributed by atoms with Crippen LogP contribution in [0.2, 0.25) is 0 Å². The van der Waals surface area contributed by atoms with E-state index in [2.05, 4.69) is 47.9 Å². The van der Waals surface area contributed by atoms with Gasteiger partial charge in [0.2, 0.25) is 0 Å². The van der Waals surface area contributed by atoms with Gasteiger partial charge < -0.3 is 10.2 Å². The topological polar surface area (TPSA) is 15.3 Å². The zero-order valence-electron chi connectivity index (χ0n) is 13.3. The van der Waals surface area contributed by atoms with Crippen molar-refractivity contribution in [2.45, 2.75) is 46.1 Å². The molecule has 20 heavy (non-hydrogen) atoms. The number of nitrogens with zero attached hydrogens (tertiary/aromatic N) is 1. The molecule has 1 saturated carbocycles. The standard InChI is InChI=1S/C17H30N2S/c1-4-18-13-17(8-5-6-15(2)10-17)14-19(3)11-16-7-9-20-12-16/h7,9,12,15,18H,4-6,8,10-11,13-14H2,1-3H3. The Balaban J connectivity index is 1.95. The highest BCUT2D eigenvalue weighted by Gasteiger charge is 2.35. The van der Waals surface area contributed by atoms with E-state index in [1.807, 2.05) is 0 Å². The zero-order chi connectivity index (χ0) is 14.4. The summed E-state index contributed by atoms with van der Waals surface area (Å²) in [6.45, 7) is 9.23. The first-order valence-electron chi connectivity index (χ1n) is 8.04. The average Bonchev–Trinajstić information content (AvgIpc) is 2.89.